The Hall–Kier alpha value is -1.06. The molecule has 3 atom stereocenters. The Morgan fingerprint density at radius 3 is 2.67 bits per heavy atom. The summed E-state index contributed by atoms with van der Waals surface area (Å²) < 4.78 is 11.1. The summed E-state index contributed by atoms with van der Waals surface area (Å²) in [5.41, 5.74) is 3.06. The highest BCUT2D eigenvalue weighted by Gasteiger charge is 2.34. The highest BCUT2D eigenvalue weighted by molar-refractivity contribution is 5.45. The van der Waals surface area contributed by atoms with E-state index in [1.165, 1.54) is 0 Å². The standard InChI is InChI=1S/C15H22O3/c1-9-7-11(3)13(12(8-9)17-4)14(16)15-10(2)5-6-18-15/h7-8,10,14-16H,5-6H2,1-4H3. The predicted molar refractivity (Wildman–Crippen MR) is 70.9 cm³/mol. The molecule has 100 valence electrons. The van der Waals surface area contributed by atoms with Gasteiger partial charge in [-0.1, -0.05) is 13.0 Å². The zero-order chi connectivity index (χ0) is 13.3. The molecule has 3 nitrogen and oxygen atoms in total. The molecule has 1 fully saturated rings. The third kappa shape index (κ3) is 2.38. The van der Waals surface area contributed by atoms with Crippen molar-refractivity contribution in [1.29, 1.82) is 0 Å². The molecule has 0 saturated carbocycles. The lowest BCUT2D eigenvalue weighted by molar-refractivity contribution is -0.0190. The maximum absolute atomic E-state index is 10.6. The first-order valence-corrected chi connectivity index (χ1v) is 6.49. The number of hydrogen-bond donors (Lipinski definition) is 1. The van der Waals surface area contributed by atoms with Gasteiger partial charge in [0.25, 0.3) is 0 Å². The Morgan fingerprint density at radius 2 is 2.11 bits per heavy atom. The number of benzene rings is 1. The first-order valence-electron chi connectivity index (χ1n) is 6.49. The van der Waals surface area contributed by atoms with Gasteiger partial charge in [-0.25, -0.2) is 0 Å². The van der Waals surface area contributed by atoms with Gasteiger partial charge < -0.3 is 14.6 Å². The third-order valence-electron chi connectivity index (χ3n) is 3.76. The largest absolute Gasteiger partial charge is 0.496 e. The van der Waals surface area contributed by atoms with Crippen LogP contribution >= 0.6 is 0 Å². The van der Waals surface area contributed by atoms with Gasteiger partial charge in [0.1, 0.15) is 11.9 Å². The van der Waals surface area contributed by atoms with Gasteiger partial charge in [-0.15, -0.1) is 0 Å². The van der Waals surface area contributed by atoms with Crippen LogP contribution in [0.2, 0.25) is 0 Å². The van der Waals surface area contributed by atoms with Crippen molar-refractivity contribution >= 4 is 0 Å². The smallest absolute Gasteiger partial charge is 0.125 e. The van der Waals surface area contributed by atoms with Crippen LogP contribution in [0.15, 0.2) is 12.1 Å². The van der Waals surface area contributed by atoms with Crippen LogP contribution in [-0.2, 0) is 4.74 Å². The summed E-state index contributed by atoms with van der Waals surface area (Å²) in [6, 6.07) is 4.03. The average Bonchev–Trinajstić information content (AvgIpc) is 2.73. The normalized spacial score (nSPS) is 25.2. The number of rotatable bonds is 3. The molecular formula is C15H22O3. The van der Waals surface area contributed by atoms with Crippen molar-refractivity contribution in [1.82, 2.24) is 0 Å². The average molecular weight is 250 g/mol. The van der Waals surface area contributed by atoms with E-state index in [-0.39, 0.29) is 6.10 Å². The second-order valence-corrected chi connectivity index (χ2v) is 5.24. The summed E-state index contributed by atoms with van der Waals surface area (Å²) in [5.74, 6) is 1.13. The van der Waals surface area contributed by atoms with Crippen molar-refractivity contribution in [3.05, 3.63) is 28.8 Å². The molecule has 0 amide bonds. The van der Waals surface area contributed by atoms with E-state index in [9.17, 15) is 5.11 Å². The summed E-state index contributed by atoms with van der Waals surface area (Å²) in [5, 5.41) is 10.6. The molecule has 0 spiro atoms. The lowest BCUT2D eigenvalue weighted by Gasteiger charge is -2.25. The molecule has 1 saturated heterocycles. The van der Waals surface area contributed by atoms with E-state index in [1.807, 2.05) is 19.9 Å². The second-order valence-electron chi connectivity index (χ2n) is 5.24. The quantitative estimate of drug-likeness (QED) is 0.896. The van der Waals surface area contributed by atoms with E-state index >= 15 is 0 Å². The van der Waals surface area contributed by atoms with Crippen molar-refractivity contribution in [3.8, 4) is 5.75 Å². The van der Waals surface area contributed by atoms with Crippen molar-refractivity contribution in [3.63, 3.8) is 0 Å². The number of aliphatic hydroxyl groups excluding tert-OH is 1. The Morgan fingerprint density at radius 1 is 1.39 bits per heavy atom. The van der Waals surface area contributed by atoms with Gasteiger partial charge in [-0.3, -0.25) is 0 Å². The van der Waals surface area contributed by atoms with Gasteiger partial charge in [-0.05, 0) is 43.4 Å². The Labute approximate surface area is 109 Å². The molecular weight excluding hydrogens is 228 g/mol. The summed E-state index contributed by atoms with van der Waals surface area (Å²) in [4.78, 5) is 0. The molecule has 0 aromatic heterocycles. The Bertz CT molecular complexity index is 428. The fraction of sp³-hybridized carbons (Fsp3) is 0.600. The van der Waals surface area contributed by atoms with Crippen LogP contribution in [0.4, 0.5) is 0 Å². The fourth-order valence-electron chi connectivity index (χ4n) is 2.77. The van der Waals surface area contributed by atoms with E-state index in [2.05, 4.69) is 13.0 Å². The Balaban J connectivity index is 2.37. The molecule has 1 N–H and O–H groups in total. The van der Waals surface area contributed by atoms with Crippen LogP contribution in [0.1, 0.15) is 36.1 Å². The number of hydrogen-bond acceptors (Lipinski definition) is 3. The van der Waals surface area contributed by atoms with E-state index in [1.54, 1.807) is 7.11 Å². The molecule has 3 unspecified atom stereocenters. The first kappa shape index (κ1) is 13.4. The highest BCUT2D eigenvalue weighted by atomic mass is 16.5. The van der Waals surface area contributed by atoms with Gasteiger partial charge in [0.2, 0.25) is 0 Å². The van der Waals surface area contributed by atoms with Gasteiger partial charge >= 0.3 is 0 Å². The van der Waals surface area contributed by atoms with Crippen LogP contribution in [0.5, 0.6) is 5.75 Å². The number of aliphatic hydroxyl groups is 1. The third-order valence-corrected chi connectivity index (χ3v) is 3.76. The van der Waals surface area contributed by atoms with Gasteiger partial charge in [0, 0.05) is 12.2 Å². The molecule has 1 aliphatic rings. The van der Waals surface area contributed by atoms with Crippen LogP contribution in [-0.4, -0.2) is 24.9 Å². The van der Waals surface area contributed by atoms with Crippen LogP contribution < -0.4 is 4.74 Å². The van der Waals surface area contributed by atoms with Crippen molar-refractivity contribution in [2.24, 2.45) is 5.92 Å². The molecule has 1 aliphatic heterocycles. The zero-order valence-corrected chi connectivity index (χ0v) is 11.6. The second kappa shape index (κ2) is 5.29. The number of ether oxygens (including phenoxy) is 2. The molecule has 0 aliphatic carbocycles. The van der Waals surface area contributed by atoms with Gasteiger partial charge in [-0.2, -0.15) is 0 Å². The maximum Gasteiger partial charge on any atom is 0.125 e. The van der Waals surface area contributed by atoms with E-state index in [0.29, 0.717) is 5.92 Å². The SMILES string of the molecule is COc1cc(C)cc(C)c1C(O)C1OCCC1C. The lowest BCUT2D eigenvalue weighted by atomic mass is 9.91. The molecule has 0 radical (unpaired) electrons. The van der Waals surface area contributed by atoms with Crippen LogP contribution in [0.25, 0.3) is 0 Å². The fourth-order valence-corrected chi connectivity index (χ4v) is 2.77. The summed E-state index contributed by atoms with van der Waals surface area (Å²) in [6.07, 6.45) is 0.271. The summed E-state index contributed by atoms with van der Waals surface area (Å²) in [6.45, 7) is 6.89. The molecule has 0 bridgehead atoms. The molecule has 3 heteroatoms. The minimum Gasteiger partial charge on any atom is -0.496 e. The molecule has 18 heavy (non-hydrogen) atoms. The topological polar surface area (TPSA) is 38.7 Å². The Kier molecular flexibility index (Phi) is 3.93. The first-order chi connectivity index (χ1) is 8.54. The minimum atomic E-state index is -0.613. The summed E-state index contributed by atoms with van der Waals surface area (Å²) in [7, 11) is 1.64. The molecule has 1 aromatic carbocycles. The van der Waals surface area contributed by atoms with Crippen molar-refractivity contribution in [2.75, 3.05) is 13.7 Å². The number of aryl methyl sites for hydroxylation is 2. The monoisotopic (exact) mass is 250 g/mol. The molecule has 2 rings (SSSR count). The minimum absolute atomic E-state index is 0.125. The zero-order valence-electron chi connectivity index (χ0n) is 11.6. The molecule has 1 heterocycles. The van der Waals surface area contributed by atoms with E-state index < -0.39 is 6.10 Å². The van der Waals surface area contributed by atoms with Crippen molar-refractivity contribution < 1.29 is 14.6 Å². The van der Waals surface area contributed by atoms with Crippen LogP contribution in [0, 0.1) is 19.8 Å². The highest BCUT2D eigenvalue weighted by Crippen LogP contribution is 2.37. The number of methoxy groups -OCH3 is 1. The van der Waals surface area contributed by atoms with Gasteiger partial charge in [0.15, 0.2) is 0 Å². The van der Waals surface area contributed by atoms with E-state index in [0.717, 1.165) is 35.5 Å². The predicted octanol–water partition coefficient (Wildman–Crippen LogP) is 2.77. The maximum atomic E-state index is 10.6. The van der Waals surface area contributed by atoms with Crippen molar-refractivity contribution in [2.45, 2.75) is 39.4 Å². The molecule has 1 aromatic rings. The van der Waals surface area contributed by atoms with Crippen LogP contribution in [0.3, 0.4) is 0 Å². The van der Waals surface area contributed by atoms with Gasteiger partial charge in [0.05, 0.1) is 13.2 Å². The van der Waals surface area contributed by atoms with E-state index in [4.69, 9.17) is 9.47 Å². The lowest BCUT2D eigenvalue weighted by Crippen LogP contribution is -2.24. The summed E-state index contributed by atoms with van der Waals surface area (Å²) >= 11 is 0.